The number of likely N-dealkylation sites (tertiary alicyclic amines) is 1. The van der Waals surface area contributed by atoms with Crippen LogP contribution in [-0.4, -0.2) is 65.5 Å². The van der Waals surface area contributed by atoms with Gasteiger partial charge in [-0.05, 0) is 60.2 Å². The van der Waals surface area contributed by atoms with Crippen LogP contribution in [0.25, 0.3) is 39.5 Å². The Morgan fingerprint density at radius 2 is 1.55 bits per heavy atom. The molecule has 44 heavy (non-hydrogen) atoms. The van der Waals surface area contributed by atoms with Crippen molar-refractivity contribution in [1.29, 1.82) is 0 Å². The lowest BCUT2D eigenvalue weighted by atomic mass is 9.72. The van der Waals surface area contributed by atoms with Gasteiger partial charge in [-0.15, -0.1) is 0 Å². The van der Waals surface area contributed by atoms with E-state index in [0.717, 1.165) is 78.2 Å². The second kappa shape index (κ2) is 10.8. The first-order valence-corrected chi connectivity index (χ1v) is 15.0. The Bertz CT molecular complexity index is 1910. The summed E-state index contributed by atoms with van der Waals surface area (Å²) in [6, 6.07) is 26.9. The number of nitrogen functional groups attached to an aromatic ring is 1. The molecule has 2 aliphatic heterocycles. The van der Waals surface area contributed by atoms with Crippen molar-refractivity contribution in [2.24, 2.45) is 5.41 Å². The predicted molar refractivity (Wildman–Crippen MR) is 171 cm³/mol. The van der Waals surface area contributed by atoms with Gasteiger partial charge in [-0.1, -0.05) is 42.5 Å². The van der Waals surface area contributed by atoms with Crippen LogP contribution < -0.4 is 10.6 Å². The van der Waals surface area contributed by atoms with Crippen LogP contribution in [0.15, 0.2) is 97.7 Å². The van der Waals surface area contributed by atoms with Crippen LogP contribution in [0.2, 0.25) is 0 Å². The molecule has 2 aliphatic rings. The summed E-state index contributed by atoms with van der Waals surface area (Å²) in [6.45, 7) is 5.18. The molecule has 0 radical (unpaired) electrons. The molecule has 2 saturated heterocycles. The van der Waals surface area contributed by atoms with Gasteiger partial charge >= 0.3 is 0 Å². The molecule has 0 amide bonds. The van der Waals surface area contributed by atoms with Crippen molar-refractivity contribution in [3.05, 3.63) is 103 Å². The molecule has 2 aromatic carbocycles. The number of aromatic nitrogens is 7. The lowest BCUT2D eigenvalue weighted by Crippen LogP contribution is -2.59. The number of rotatable bonds is 6. The fraction of sp³-hybridized carbons (Fsp3) is 0.235. The van der Waals surface area contributed by atoms with Gasteiger partial charge < -0.3 is 10.6 Å². The summed E-state index contributed by atoms with van der Waals surface area (Å²) < 4.78 is 2.10. The summed E-state index contributed by atoms with van der Waals surface area (Å²) in [5.74, 6) is 1.96. The van der Waals surface area contributed by atoms with Gasteiger partial charge in [-0.2, -0.15) is 0 Å². The van der Waals surface area contributed by atoms with E-state index in [-0.39, 0.29) is 0 Å². The summed E-state index contributed by atoms with van der Waals surface area (Å²) in [6.07, 6.45) is 7.18. The monoisotopic (exact) mass is 580 g/mol. The first kappa shape index (κ1) is 26.4. The molecular formula is C34H32N10. The summed E-state index contributed by atoms with van der Waals surface area (Å²) in [5.41, 5.74) is 13.3. The number of hydrogen-bond donors (Lipinski definition) is 1. The number of nitrogens with two attached hydrogens (primary N) is 1. The van der Waals surface area contributed by atoms with E-state index in [0.29, 0.717) is 11.2 Å². The maximum Gasteiger partial charge on any atom is 0.228 e. The summed E-state index contributed by atoms with van der Waals surface area (Å²) in [7, 11) is 0. The third-order valence-electron chi connectivity index (χ3n) is 8.96. The smallest absolute Gasteiger partial charge is 0.228 e. The molecule has 0 unspecified atom stereocenters. The van der Waals surface area contributed by atoms with Gasteiger partial charge in [0.25, 0.3) is 0 Å². The molecule has 4 aromatic heterocycles. The second-order valence-electron chi connectivity index (χ2n) is 11.8. The molecule has 6 aromatic rings. The molecule has 8 rings (SSSR count). The Morgan fingerprint density at radius 1 is 0.773 bits per heavy atom. The van der Waals surface area contributed by atoms with Crippen LogP contribution in [0.1, 0.15) is 18.4 Å². The van der Waals surface area contributed by atoms with Crippen molar-refractivity contribution in [3.63, 3.8) is 0 Å². The van der Waals surface area contributed by atoms with Crippen molar-refractivity contribution in [1.82, 2.24) is 39.4 Å². The lowest BCUT2D eigenvalue weighted by molar-refractivity contribution is -0.0241. The quantitative estimate of drug-likeness (QED) is 0.290. The van der Waals surface area contributed by atoms with Crippen molar-refractivity contribution in [2.45, 2.75) is 19.4 Å². The molecule has 2 fully saturated rings. The van der Waals surface area contributed by atoms with E-state index in [4.69, 9.17) is 15.7 Å². The Hall–Kier alpha value is -5.22. The van der Waals surface area contributed by atoms with Crippen molar-refractivity contribution < 1.29 is 0 Å². The highest BCUT2D eigenvalue weighted by Crippen LogP contribution is 2.41. The van der Waals surface area contributed by atoms with Gasteiger partial charge in [0.05, 0.1) is 11.3 Å². The maximum absolute atomic E-state index is 6.34. The number of piperidine rings is 1. The van der Waals surface area contributed by atoms with Crippen molar-refractivity contribution >= 4 is 22.9 Å². The first-order valence-electron chi connectivity index (χ1n) is 15.0. The van der Waals surface area contributed by atoms with Crippen LogP contribution in [0.5, 0.6) is 0 Å². The number of anilines is 2. The number of nitrogens with zero attached hydrogens (tertiary/aromatic N) is 9. The van der Waals surface area contributed by atoms with Gasteiger partial charge in [0.1, 0.15) is 24.0 Å². The van der Waals surface area contributed by atoms with Crippen LogP contribution in [0.4, 0.5) is 11.8 Å². The number of benzene rings is 2. The Kier molecular flexibility index (Phi) is 6.48. The van der Waals surface area contributed by atoms with E-state index in [1.165, 1.54) is 18.4 Å². The van der Waals surface area contributed by atoms with Crippen molar-refractivity contribution in [3.8, 4) is 28.3 Å². The molecule has 10 nitrogen and oxygen atoms in total. The summed E-state index contributed by atoms with van der Waals surface area (Å²) in [5, 5.41) is 0. The molecule has 2 N–H and O–H groups in total. The van der Waals surface area contributed by atoms with E-state index >= 15 is 0 Å². The molecule has 0 saturated carbocycles. The Labute approximate surface area is 255 Å². The van der Waals surface area contributed by atoms with Crippen molar-refractivity contribution in [2.75, 3.05) is 36.8 Å². The highest BCUT2D eigenvalue weighted by molar-refractivity contribution is 5.84. The van der Waals surface area contributed by atoms with E-state index in [2.05, 4.69) is 70.7 Å². The summed E-state index contributed by atoms with van der Waals surface area (Å²) >= 11 is 0. The zero-order valence-electron chi connectivity index (χ0n) is 24.3. The van der Waals surface area contributed by atoms with E-state index in [1.54, 1.807) is 18.9 Å². The normalized spacial score (nSPS) is 16.3. The zero-order valence-corrected chi connectivity index (χ0v) is 24.3. The zero-order chi connectivity index (χ0) is 29.5. The molecule has 218 valence electrons. The van der Waals surface area contributed by atoms with E-state index in [9.17, 15) is 0 Å². The van der Waals surface area contributed by atoms with Gasteiger partial charge in [-0.25, -0.2) is 29.9 Å². The van der Waals surface area contributed by atoms with Crippen LogP contribution in [0.3, 0.4) is 0 Å². The highest BCUT2D eigenvalue weighted by atomic mass is 15.3. The molecule has 0 aliphatic carbocycles. The average Bonchev–Trinajstić information content (AvgIpc) is 3.44. The standard InChI is InChI=1S/C34H32N10/c35-30-27(7-4-16-37-30)31-41-29-13-12-28(25-5-2-1-3-6-25)40-32(29)44(31)26-10-8-24(9-11-26)19-42-20-34(21-42)14-17-43(18-15-34)33-38-22-36-23-39-33/h1-13,16,22-23H,14-15,17-21H2,(H2,35,37). The van der Waals surface area contributed by atoms with Crippen LogP contribution in [-0.2, 0) is 6.54 Å². The van der Waals surface area contributed by atoms with Gasteiger partial charge in [0, 0.05) is 50.2 Å². The molecule has 0 atom stereocenters. The number of pyridine rings is 2. The molecule has 6 heterocycles. The largest absolute Gasteiger partial charge is 0.383 e. The Morgan fingerprint density at radius 3 is 2.30 bits per heavy atom. The van der Waals surface area contributed by atoms with E-state index < -0.39 is 0 Å². The highest BCUT2D eigenvalue weighted by Gasteiger charge is 2.44. The fourth-order valence-corrected chi connectivity index (χ4v) is 6.68. The summed E-state index contributed by atoms with van der Waals surface area (Å²) in [4.78, 5) is 31.8. The van der Waals surface area contributed by atoms with Gasteiger partial charge in [0.15, 0.2) is 11.5 Å². The third kappa shape index (κ3) is 4.83. The number of fused-ring (bicyclic) bond motifs is 1. The average molecular weight is 581 g/mol. The van der Waals surface area contributed by atoms with E-state index in [1.807, 2.05) is 42.5 Å². The SMILES string of the molecule is Nc1ncccc1-c1nc2ccc(-c3ccccc3)nc2n1-c1ccc(CN2CC3(CCN(c4ncncn4)CC3)C2)cc1. The molecule has 0 bridgehead atoms. The van der Waals surface area contributed by atoms with Crippen LogP contribution in [0, 0.1) is 5.41 Å². The minimum Gasteiger partial charge on any atom is -0.383 e. The number of hydrogen-bond acceptors (Lipinski definition) is 9. The fourth-order valence-electron chi connectivity index (χ4n) is 6.68. The molecule has 10 heteroatoms. The number of imidazole rings is 1. The third-order valence-corrected chi connectivity index (χ3v) is 8.96. The first-order chi connectivity index (χ1) is 21.6. The predicted octanol–water partition coefficient (Wildman–Crippen LogP) is 5.02. The second-order valence-corrected chi connectivity index (χ2v) is 11.8. The minimum atomic E-state index is 0.403. The topological polar surface area (TPSA) is 115 Å². The molecule has 1 spiro atoms. The molecular weight excluding hydrogens is 548 g/mol. The van der Waals surface area contributed by atoms with Crippen LogP contribution >= 0.6 is 0 Å². The Balaban J connectivity index is 1.03. The maximum atomic E-state index is 6.34. The van der Waals surface area contributed by atoms with Gasteiger partial charge in [0.2, 0.25) is 5.95 Å². The van der Waals surface area contributed by atoms with Gasteiger partial charge in [-0.3, -0.25) is 9.47 Å². The lowest BCUT2D eigenvalue weighted by Gasteiger charge is -2.54. The minimum absolute atomic E-state index is 0.403.